The summed E-state index contributed by atoms with van der Waals surface area (Å²) in [5.74, 6) is 0.621. The highest BCUT2D eigenvalue weighted by molar-refractivity contribution is 5.80. The van der Waals surface area contributed by atoms with E-state index in [0.717, 1.165) is 23.3 Å². The molecule has 0 fully saturated rings. The van der Waals surface area contributed by atoms with Crippen LogP contribution in [0.4, 0.5) is 4.39 Å². The second-order valence-electron chi connectivity index (χ2n) is 7.54. The van der Waals surface area contributed by atoms with Crippen molar-refractivity contribution in [2.75, 3.05) is 6.54 Å². The number of halogens is 1. The Morgan fingerprint density at radius 3 is 2.83 bits per heavy atom. The van der Waals surface area contributed by atoms with Crippen LogP contribution in [0.1, 0.15) is 16.8 Å². The number of hydrogen-bond donors (Lipinski definition) is 2. The number of H-pyrrole nitrogens is 1. The van der Waals surface area contributed by atoms with E-state index in [9.17, 15) is 9.18 Å². The predicted molar refractivity (Wildman–Crippen MR) is 113 cm³/mol. The van der Waals surface area contributed by atoms with Crippen molar-refractivity contribution in [2.24, 2.45) is 0 Å². The first-order valence-electron chi connectivity index (χ1n) is 9.91. The predicted octanol–water partition coefficient (Wildman–Crippen LogP) is 3.25. The minimum absolute atomic E-state index is 0.0631. The summed E-state index contributed by atoms with van der Waals surface area (Å²) in [6, 6.07) is 15.9. The van der Waals surface area contributed by atoms with E-state index in [-0.39, 0.29) is 17.5 Å². The number of ether oxygens (including phenoxy) is 1. The fourth-order valence-corrected chi connectivity index (χ4v) is 3.90. The number of aromatic nitrogens is 3. The zero-order valence-corrected chi connectivity index (χ0v) is 16.5. The van der Waals surface area contributed by atoms with Crippen molar-refractivity contribution in [3.63, 3.8) is 0 Å². The molecule has 0 saturated heterocycles. The molecule has 1 aliphatic heterocycles. The van der Waals surface area contributed by atoms with Crippen LogP contribution in [0.3, 0.4) is 0 Å². The van der Waals surface area contributed by atoms with Crippen molar-refractivity contribution in [2.45, 2.75) is 26.0 Å². The van der Waals surface area contributed by atoms with Crippen LogP contribution < -0.4 is 15.6 Å². The van der Waals surface area contributed by atoms with Gasteiger partial charge in [-0.2, -0.15) is 5.10 Å². The summed E-state index contributed by atoms with van der Waals surface area (Å²) < 4.78 is 20.8. The number of aromatic amines is 1. The monoisotopic (exact) mass is 404 g/mol. The summed E-state index contributed by atoms with van der Waals surface area (Å²) in [7, 11) is 0. The van der Waals surface area contributed by atoms with Gasteiger partial charge in [0, 0.05) is 30.5 Å². The van der Waals surface area contributed by atoms with Crippen LogP contribution in [0.5, 0.6) is 5.75 Å². The molecule has 2 N–H and O–H groups in total. The summed E-state index contributed by atoms with van der Waals surface area (Å²) >= 11 is 0. The first-order chi connectivity index (χ1) is 14.6. The van der Waals surface area contributed by atoms with Crippen LogP contribution in [0, 0.1) is 12.7 Å². The second kappa shape index (κ2) is 7.42. The van der Waals surface area contributed by atoms with Gasteiger partial charge in [-0.1, -0.05) is 18.2 Å². The highest BCUT2D eigenvalue weighted by atomic mass is 19.1. The fraction of sp³-hybridized carbons (Fsp3) is 0.217. The number of rotatable bonds is 5. The third kappa shape index (κ3) is 3.37. The van der Waals surface area contributed by atoms with E-state index in [4.69, 9.17) is 4.74 Å². The van der Waals surface area contributed by atoms with Crippen molar-refractivity contribution in [3.05, 3.63) is 87.6 Å². The van der Waals surface area contributed by atoms with Gasteiger partial charge in [0.2, 0.25) is 0 Å². The molecular formula is C23H21FN4O2. The van der Waals surface area contributed by atoms with Gasteiger partial charge in [0.15, 0.2) is 0 Å². The minimum Gasteiger partial charge on any atom is -0.488 e. The SMILES string of the molecule is Cc1nn(-c2ccc(F)cc2)c2[nH]c(=O)c(CNC[C@H]3Cc4ccccc4O3)cc12. The quantitative estimate of drug-likeness (QED) is 0.536. The normalized spacial score (nSPS) is 15.3. The first kappa shape index (κ1) is 18.6. The van der Waals surface area contributed by atoms with Crippen LogP contribution >= 0.6 is 0 Å². The number of hydrogen-bond acceptors (Lipinski definition) is 4. The molecule has 4 aromatic rings. The van der Waals surface area contributed by atoms with Gasteiger partial charge in [-0.05, 0) is 48.9 Å². The largest absolute Gasteiger partial charge is 0.488 e. The topological polar surface area (TPSA) is 71.9 Å². The molecule has 3 heterocycles. The Hall–Kier alpha value is -3.45. The summed E-state index contributed by atoms with van der Waals surface area (Å²) in [6.45, 7) is 2.98. The number of nitrogens with zero attached hydrogens (tertiary/aromatic N) is 2. The van der Waals surface area contributed by atoms with Gasteiger partial charge in [-0.25, -0.2) is 9.07 Å². The summed E-state index contributed by atoms with van der Waals surface area (Å²) in [4.78, 5) is 15.6. The molecule has 0 amide bonds. The van der Waals surface area contributed by atoms with Crippen LogP contribution in [-0.4, -0.2) is 27.4 Å². The van der Waals surface area contributed by atoms with Gasteiger partial charge in [-0.3, -0.25) is 4.79 Å². The van der Waals surface area contributed by atoms with E-state index >= 15 is 0 Å². The van der Waals surface area contributed by atoms with E-state index in [1.807, 2.05) is 31.2 Å². The van der Waals surface area contributed by atoms with E-state index in [1.165, 1.54) is 17.7 Å². The Bertz CT molecular complexity index is 1250. The molecule has 7 heteroatoms. The Labute approximate surface area is 172 Å². The van der Waals surface area contributed by atoms with Crippen LogP contribution in [-0.2, 0) is 13.0 Å². The zero-order valence-electron chi connectivity index (χ0n) is 16.5. The maximum absolute atomic E-state index is 13.2. The highest BCUT2D eigenvalue weighted by Crippen LogP contribution is 2.27. The molecule has 1 aliphatic rings. The number of fused-ring (bicyclic) bond motifs is 2. The standard InChI is InChI=1S/C23H21FN4O2/c1-14-20-11-16(12-25-13-19-10-15-4-2-3-5-21(15)30-19)23(29)26-22(20)28(27-14)18-8-6-17(24)7-9-18/h2-9,11,19,25H,10,12-13H2,1H3,(H,26,29)/t19-/m1/s1. The molecule has 1 atom stereocenters. The Morgan fingerprint density at radius 1 is 1.23 bits per heavy atom. The van der Waals surface area contributed by atoms with Gasteiger partial charge in [0.1, 0.15) is 23.3 Å². The lowest BCUT2D eigenvalue weighted by Crippen LogP contribution is -2.31. The van der Waals surface area contributed by atoms with Crippen LogP contribution in [0.2, 0.25) is 0 Å². The molecule has 152 valence electrons. The molecule has 2 aromatic carbocycles. The van der Waals surface area contributed by atoms with E-state index in [1.54, 1.807) is 16.8 Å². The lowest BCUT2D eigenvalue weighted by Gasteiger charge is -2.12. The van der Waals surface area contributed by atoms with E-state index in [2.05, 4.69) is 21.5 Å². The number of aryl methyl sites for hydroxylation is 1. The summed E-state index contributed by atoms with van der Waals surface area (Å²) in [5.41, 5.74) is 3.76. The first-order valence-corrected chi connectivity index (χ1v) is 9.91. The van der Waals surface area contributed by atoms with Gasteiger partial charge >= 0.3 is 0 Å². The maximum atomic E-state index is 13.2. The molecule has 5 rings (SSSR count). The molecular weight excluding hydrogens is 383 g/mol. The second-order valence-corrected chi connectivity index (χ2v) is 7.54. The zero-order chi connectivity index (χ0) is 20.7. The van der Waals surface area contributed by atoms with Crippen molar-refractivity contribution in [1.82, 2.24) is 20.1 Å². The lowest BCUT2D eigenvalue weighted by atomic mass is 10.1. The molecule has 0 unspecified atom stereocenters. The molecule has 2 aromatic heterocycles. The van der Waals surface area contributed by atoms with Gasteiger partial charge in [0.25, 0.3) is 5.56 Å². The van der Waals surface area contributed by atoms with Crippen LogP contribution in [0.15, 0.2) is 59.4 Å². The van der Waals surface area contributed by atoms with Gasteiger partial charge in [-0.15, -0.1) is 0 Å². The molecule has 0 saturated carbocycles. The lowest BCUT2D eigenvalue weighted by molar-refractivity contribution is 0.227. The van der Waals surface area contributed by atoms with Gasteiger partial charge < -0.3 is 15.0 Å². The molecule has 0 spiro atoms. The van der Waals surface area contributed by atoms with E-state index in [0.29, 0.717) is 30.0 Å². The summed E-state index contributed by atoms with van der Waals surface area (Å²) in [5, 5.41) is 8.72. The Kier molecular flexibility index (Phi) is 4.59. The average molecular weight is 404 g/mol. The van der Waals surface area contributed by atoms with Crippen molar-refractivity contribution in [3.8, 4) is 11.4 Å². The Balaban J connectivity index is 1.33. The van der Waals surface area contributed by atoms with Crippen molar-refractivity contribution < 1.29 is 9.13 Å². The maximum Gasteiger partial charge on any atom is 0.254 e. The number of para-hydroxylation sites is 1. The molecule has 0 radical (unpaired) electrons. The highest BCUT2D eigenvalue weighted by Gasteiger charge is 2.22. The third-order valence-corrected chi connectivity index (χ3v) is 5.42. The van der Waals surface area contributed by atoms with Crippen molar-refractivity contribution in [1.29, 1.82) is 0 Å². The average Bonchev–Trinajstić information content (AvgIpc) is 3.29. The molecule has 0 bridgehead atoms. The number of nitrogens with one attached hydrogen (secondary N) is 2. The van der Waals surface area contributed by atoms with E-state index < -0.39 is 0 Å². The summed E-state index contributed by atoms with van der Waals surface area (Å²) in [6.07, 6.45) is 0.926. The Morgan fingerprint density at radius 2 is 2.03 bits per heavy atom. The fourth-order valence-electron chi connectivity index (χ4n) is 3.90. The third-order valence-electron chi connectivity index (χ3n) is 5.42. The smallest absolute Gasteiger partial charge is 0.254 e. The molecule has 0 aliphatic carbocycles. The molecule has 30 heavy (non-hydrogen) atoms. The van der Waals surface area contributed by atoms with Crippen LogP contribution in [0.25, 0.3) is 16.7 Å². The number of pyridine rings is 1. The van der Waals surface area contributed by atoms with Gasteiger partial charge in [0.05, 0.1) is 11.4 Å². The van der Waals surface area contributed by atoms with Crippen molar-refractivity contribution >= 4 is 11.0 Å². The number of benzene rings is 2. The minimum atomic E-state index is -0.317. The molecule has 6 nitrogen and oxygen atoms in total.